The number of carboxylic acid groups (broad SMARTS) is 1. The van der Waals surface area contributed by atoms with Crippen molar-refractivity contribution >= 4 is 35.0 Å². The van der Waals surface area contributed by atoms with Crippen LogP contribution in [0, 0.1) is 10.1 Å². The minimum absolute atomic E-state index is 0.104. The van der Waals surface area contributed by atoms with Gasteiger partial charge < -0.3 is 5.11 Å². The Morgan fingerprint density at radius 3 is 2.62 bits per heavy atom. The van der Waals surface area contributed by atoms with E-state index in [-0.39, 0.29) is 11.3 Å². The molecule has 0 spiro atoms. The average molecular weight is 324 g/mol. The smallest absolute Gasteiger partial charge is 0.335 e. The molecule has 0 aliphatic heterocycles. The van der Waals surface area contributed by atoms with Crippen molar-refractivity contribution in [2.75, 3.05) is 0 Å². The summed E-state index contributed by atoms with van der Waals surface area (Å²) in [6.45, 7) is 0. The van der Waals surface area contributed by atoms with Gasteiger partial charge in [0.05, 0.1) is 15.5 Å². The van der Waals surface area contributed by atoms with Crippen LogP contribution in [0.3, 0.4) is 0 Å². The molecule has 0 heterocycles. The summed E-state index contributed by atoms with van der Waals surface area (Å²) >= 11 is 7.39. The third kappa shape index (κ3) is 3.74. The Labute approximate surface area is 129 Å². The van der Waals surface area contributed by atoms with Crippen LogP contribution in [0.4, 0.5) is 5.69 Å². The molecule has 2 aromatic carbocycles. The Bertz CT molecular complexity index is 705. The molecule has 0 fully saturated rings. The maximum absolute atomic E-state index is 11.1. The highest BCUT2D eigenvalue weighted by atomic mass is 35.5. The normalized spacial score (nSPS) is 10.3. The maximum Gasteiger partial charge on any atom is 0.335 e. The molecule has 0 unspecified atom stereocenters. The van der Waals surface area contributed by atoms with E-state index < -0.39 is 10.9 Å². The van der Waals surface area contributed by atoms with E-state index >= 15 is 0 Å². The van der Waals surface area contributed by atoms with Crippen molar-refractivity contribution in [3.63, 3.8) is 0 Å². The lowest BCUT2D eigenvalue weighted by Crippen LogP contribution is -2.00. The molecule has 2 rings (SSSR count). The number of nitro groups is 1. The Kier molecular flexibility index (Phi) is 4.82. The second-order valence-electron chi connectivity index (χ2n) is 4.12. The van der Waals surface area contributed by atoms with Crippen LogP contribution < -0.4 is 0 Å². The van der Waals surface area contributed by atoms with Crippen LogP contribution in [0.25, 0.3) is 0 Å². The van der Waals surface area contributed by atoms with Gasteiger partial charge in [0.1, 0.15) is 0 Å². The molecular formula is C14H10ClNO4S. The Morgan fingerprint density at radius 1 is 1.29 bits per heavy atom. The minimum Gasteiger partial charge on any atom is -0.478 e. The van der Waals surface area contributed by atoms with Gasteiger partial charge in [-0.2, -0.15) is 0 Å². The van der Waals surface area contributed by atoms with Gasteiger partial charge in [-0.05, 0) is 18.2 Å². The molecule has 0 saturated heterocycles. The monoisotopic (exact) mass is 323 g/mol. The van der Waals surface area contributed by atoms with Crippen molar-refractivity contribution in [2.24, 2.45) is 0 Å². The van der Waals surface area contributed by atoms with Crippen molar-refractivity contribution in [1.29, 1.82) is 0 Å². The summed E-state index contributed by atoms with van der Waals surface area (Å²) in [7, 11) is 0. The SMILES string of the molecule is O=C(O)c1ccc(CSc2ccccc2Cl)c([N+](=O)[O-])c1. The van der Waals surface area contributed by atoms with Gasteiger partial charge in [-0.25, -0.2) is 4.79 Å². The summed E-state index contributed by atoms with van der Waals surface area (Å²) in [5.74, 6) is -0.858. The van der Waals surface area contributed by atoms with Gasteiger partial charge in [-0.1, -0.05) is 29.8 Å². The van der Waals surface area contributed by atoms with Crippen molar-refractivity contribution in [3.05, 3.63) is 68.7 Å². The van der Waals surface area contributed by atoms with E-state index in [0.29, 0.717) is 16.3 Å². The van der Waals surface area contributed by atoms with Crippen LogP contribution >= 0.6 is 23.4 Å². The van der Waals surface area contributed by atoms with E-state index in [4.69, 9.17) is 16.7 Å². The first-order valence-corrected chi connectivity index (χ1v) is 7.23. The van der Waals surface area contributed by atoms with E-state index in [2.05, 4.69) is 0 Å². The fourth-order valence-electron chi connectivity index (χ4n) is 1.71. The molecule has 21 heavy (non-hydrogen) atoms. The molecule has 0 atom stereocenters. The number of halogens is 1. The molecular weight excluding hydrogens is 314 g/mol. The fourth-order valence-corrected chi connectivity index (χ4v) is 2.94. The van der Waals surface area contributed by atoms with E-state index in [0.717, 1.165) is 11.0 Å². The molecule has 0 aromatic heterocycles. The predicted octanol–water partition coefficient (Wildman–Crippen LogP) is 4.24. The number of hydrogen-bond donors (Lipinski definition) is 1. The summed E-state index contributed by atoms with van der Waals surface area (Å²) in [5.41, 5.74) is 0.151. The molecule has 0 radical (unpaired) electrons. The zero-order valence-corrected chi connectivity index (χ0v) is 12.2. The van der Waals surface area contributed by atoms with Gasteiger partial charge in [-0.15, -0.1) is 11.8 Å². The first-order chi connectivity index (χ1) is 9.99. The molecule has 108 valence electrons. The lowest BCUT2D eigenvalue weighted by molar-refractivity contribution is -0.385. The van der Waals surface area contributed by atoms with Gasteiger partial charge in [-0.3, -0.25) is 10.1 Å². The van der Waals surface area contributed by atoms with Gasteiger partial charge in [0.2, 0.25) is 0 Å². The molecule has 0 aliphatic carbocycles. The highest BCUT2D eigenvalue weighted by molar-refractivity contribution is 7.98. The summed E-state index contributed by atoms with van der Waals surface area (Å²) < 4.78 is 0. The van der Waals surface area contributed by atoms with Crippen LogP contribution in [0.1, 0.15) is 15.9 Å². The molecule has 1 N–H and O–H groups in total. The number of nitrogens with zero attached hydrogens (tertiary/aromatic N) is 1. The molecule has 0 aliphatic rings. The number of nitro benzene ring substituents is 1. The van der Waals surface area contributed by atoms with Crippen molar-refractivity contribution in [2.45, 2.75) is 10.6 Å². The number of rotatable bonds is 5. The topological polar surface area (TPSA) is 80.4 Å². The lowest BCUT2D eigenvalue weighted by atomic mass is 10.1. The molecule has 0 bridgehead atoms. The number of thioether (sulfide) groups is 1. The van der Waals surface area contributed by atoms with Crippen LogP contribution in [-0.4, -0.2) is 16.0 Å². The fraction of sp³-hybridized carbons (Fsp3) is 0.0714. The zero-order chi connectivity index (χ0) is 15.4. The standard InChI is InChI=1S/C14H10ClNO4S/c15-11-3-1-2-4-13(11)21-8-10-6-5-9(14(17)18)7-12(10)16(19)20/h1-7H,8H2,(H,17,18). The number of benzene rings is 2. The highest BCUT2D eigenvalue weighted by Crippen LogP contribution is 2.32. The average Bonchev–Trinajstić information content (AvgIpc) is 2.46. The van der Waals surface area contributed by atoms with E-state index in [1.165, 1.54) is 23.9 Å². The quantitative estimate of drug-likeness (QED) is 0.505. The molecule has 7 heteroatoms. The van der Waals surface area contributed by atoms with Crippen molar-refractivity contribution in [3.8, 4) is 0 Å². The van der Waals surface area contributed by atoms with Crippen LogP contribution in [0.5, 0.6) is 0 Å². The van der Waals surface area contributed by atoms with Crippen molar-refractivity contribution < 1.29 is 14.8 Å². The van der Waals surface area contributed by atoms with Gasteiger partial charge in [0, 0.05) is 22.3 Å². The first kappa shape index (κ1) is 15.3. The minimum atomic E-state index is -1.19. The zero-order valence-electron chi connectivity index (χ0n) is 10.7. The van der Waals surface area contributed by atoms with Crippen LogP contribution in [0.2, 0.25) is 5.02 Å². The summed E-state index contributed by atoms with van der Waals surface area (Å²) in [4.78, 5) is 22.2. The van der Waals surface area contributed by atoms with Crippen LogP contribution in [-0.2, 0) is 5.75 Å². The number of carbonyl (C=O) groups is 1. The lowest BCUT2D eigenvalue weighted by Gasteiger charge is -2.05. The molecule has 0 amide bonds. The second-order valence-corrected chi connectivity index (χ2v) is 5.55. The van der Waals surface area contributed by atoms with E-state index in [9.17, 15) is 14.9 Å². The molecule has 2 aromatic rings. The van der Waals surface area contributed by atoms with E-state index in [1.54, 1.807) is 12.1 Å². The maximum atomic E-state index is 11.1. The van der Waals surface area contributed by atoms with Gasteiger partial charge in [0.15, 0.2) is 0 Å². The largest absolute Gasteiger partial charge is 0.478 e. The second kappa shape index (κ2) is 6.60. The third-order valence-corrected chi connectivity index (χ3v) is 4.31. The molecule has 5 nitrogen and oxygen atoms in total. The van der Waals surface area contributed by atoms with Gasteiger partial charge in [0.25, 0.3) is 5.69 Å². The summed E-state index contributed by atoms with van der Waals surface area (Å²) in [5, 5.41) is 20.5. The van der Waals surface area contributed by atoms with Crippen LogP contribution in [0.15, 0.2) is 47.4 Å². The first-order valence-electron chi connectivity index (χ1n) is 5.87. The predicted molar refractivity (Wildman–Crippen MR) is 81.1 cm³/mol. The summed E-state index contributed by atoms with van der Waals surface area (Å²) in [6.07, 6.45) is 0. The Hall–Kier alpha value is -2.05. The third-order valence-electron chi connectivity index (χ3n) is 2.75. The number of carboxylic acids is 1. The molecule has 0 saturated carbocycles. The Morgan fingerprint density at radius 2 is 2.00 bits per heavy atom. The number of hydrogen-bond acceptors (Lipinski definition) is 4. The van der Waals surface area contributed by atoms with Crippen molar-refractivity contribution in [1.82, 2.24) is 0 Å². The summed E-state index contributed by atoms with van der Waals surface area (Å²) in [6, 6.07) is 11.1. The van der Waals surface area contributed by atoms with Gasteiger partial charge >= 0.3 is 5.97 Å². The number of aromatic carboxylic acids is 1. The highest BCUT2D eigenvalue weighted by Gasteiger charge is 2.17. The van der Waals surface area contributed by atoms with E-state index in [1.807, 2.05) is 12.1 Å². The Balaban J connectivity index is 2.26.